The van der Waals surface area contributed by atoms with Gasteiger partial charge in [-0.15, -0.1) is 0 Å². The maximum absolute atomic E-state index is 13.0. The second-order valence-electron chi connectivity index (χ2n) is 7.51. The molecule has 3 rings (SSSR count). The Morgan fingerprint density at radius 3 is 2.56 bits per heavy atom. The number of hydrogen-bond acceptors (Lipinski definition) is 4. The molecule has 1 aliphatic rings. The van der Waals surface area contributed by atoms with Crippen LogP contribution in [0.2, 0.25) is 0 Å². The maximum atomic E-state index is 13.0. The molecule has 1 aliphatic heterocycles. The van der Waals surface area contributed by atoms with Gasteiger partial charge >= 0.3 is 0 Å². The van der Waals surface area contributed by atoms with Crippen molar-refractivity contribution in [1.29, 1.82) is 0 Å². The number of carbonyl (C=O) groups is 1. The lowest BCUT2D eigenvalue weighted by molar-refractivity contribution is -0.237. The zero-order valence-electron chi connectivity index (χ0n) is 16.2. The number of benzene rings is 2. The zero-order chi connectivity index (χ0) is 19.4. The van der Waals surface area contributed by atoms with Crippen LogP contribution in [0.25, 0.3) is 10.8 Å². The number of nitrogens with one attached hydrogen (secondary N) is 1. The van der Waals surface area contributed by atoms with E-state index in [1.54, 1.807) is 6.08 Å². The zero-order valence-corrected chi connectivity index (χ0v) is 16.2. The van der Waals surface area contributed by atoms with E-state index in [1.807, 2.05) is 57.2 Å². The molecule has 1 saturated heterocycles. The molecule has 2 aromatic rings. The van der Waals surface area contributed by atoms with E-state index in [2.05, 4.69) is 11.9 Å². The minimum Gasteiger partial charge on any atom is -0.489 e. The summed E-state index contributed by atoms with van der Waals surface area (Å²) in [6.45, 7) is 10.7. The van der Waals surface area contributed by atoms with Crippen LogP contribution in [0.1, 0.15) is 20.8 Å². The molecule has 27 heavy (non-hydrogen) atoms. The van der Waals surface area contributed by atoms with Gasteiger partial charge in [0, 0.05) is 22.4 Å². The predicted octanol–water partition coefficient (Wildman–Crippen LogP) is 4.38. The Bertz CT molecular complexity index is 822. The van der Waals surface area contributed by atoms with Crippen LogP contribution in [0.3, 0.4) is 0 Å². The summed E-state index contributed by atoms with van der Waals surface area (Å²) in [4.78, 5) is 13.0. The number of fused-ring (bicyclic) bond motifs is 1. The van der Waals surface area contributed by atoms with Gasteiger partial charge < -0.3 is 19.5 Å². The summed E-state index contributed by atoms with van der Waals surface area (Å²) in [7, 11) is 0. The van der Waals surface area contributed by atoms with Crippen molar-refractivity contribution in [3.63, 3.8) is 0 Å². The summed E-state index contributed by atoms with van der Waals surface area (Å²) < 4.78 is 17.2. The van der Waals surface area contributed by atoms with Crippen LogP contribution in [0.15, 0.2) is 49.1 Å². The summed E-state index contributed by atoms with van der Waals surface area (Å²) in [6, 6.07) is 11.6. The lowest BCUT2D eigenvalue weighted by Gasteiger charge is -2.37. The Balaban J connectivity index is 1.80. The van der Waals surface area contributed by atoms with Crippen LogP contribution >= 0.6 is 0 Å². The van der Waals surface area contributed by atoms with Crippen molar-refractivity contribution in [3.05, 3.63) is 49.1 Å². The second kappa shape index (κ2) is 8.11. The maximum Gasteiger partial charge on any atom is 0.235 e. The SMILES string of the molecule is C=CCOc1ccc(NC(=O)C2(C)COC(C(C)C)OC2)c2ccccc12. The van der Waals surface area contributed by atoms with Crippen LogP contribution in [-0.4, -0.2) is 32.0 Å². The van der Waals surface area contributed by atoms with Crippen molar-refractivity contribution in [2.45, 2.75) is 27.1 Å². The second-order valence-corrected chi connectivity index (χ2v) is 7.51. The topological polar surface area (TPSA) is 56.8 Å². The molecular weight excluding hydrogens is 342 g/mol. The highest BCUT2D eigenvalue weighted by molar-refractivity contribution is 6.05. The quantitative estimate of drug-likeness (QED) is 0.768. The van der Waals surface area contributed by atoms with Crippen molar-refractivity contribution in [3.8, 4) is 5.75 Å². The normalized spacial score (nSPS) is 22.6. The fourth-order valence-electron chi connectivity index (χ4n) is 3.07. The molecule has 2 aromatic carbocycles. The van der Waals surface area contributed by atoms with E-state index in [0.29, 0.717) is 19.8 Å². The third-order valence-corrected chi connectivity index (χ3v) is 4.71. The Hall–Kier alpha value is -2.37. The molecule has 1 amide bonds. The summed E-state index contributed by atoms with van der Waals surface area (Å²) in [6.07, 6.45) is 1.45. The third kappa shape index (κ3) is 4.15. The number of amides is 1. The largest absolute Gasteiger partial charge is 0.489 e. The average Bonchev–Trinajstić information content (AvgIpc) is 2.67. The van der Waals surface area contributed by atoms with Gasteiger partial charge in [0.05, 0.1) is 18.6 Å². The van der Waals surface area contributed by atoms with Crippen molar-refractivity contribution >= 4 is 22.4 Å². The van der Waals surface area contributed by atoms with Crippen molar-refractivity contribution in [2.24, 2.45) is 11.3 Å². The monoisotopic (exact) mass is 369 g/mol. The molecule has 0 aliphatic carbocycles. The highest BCUT2D eigenvalue weighted by Crippen LogP contribution is 2.34. The fraction of sp³-hybridized carbons (Fsp3) is 0.409. The first-order valence-electron chi connectivity index (χ1n) is 9.25. The highest BCUT2D eigenvalue weighted by Gasteiger charge is 2.40. The Labute approximate surface area is 160 Å². The Morgan fingerprint density at radius 2 is 1.93 bits per heavy atom. The molecule has 144 valence electrons. The minimum absolute atomic E-state index is 0.116. The van der Waals surface area contributed by atoms with Gasteiger partial charge in [0.1, 0.15) is 12.4 Å². The first-order valence-corrected chi connectivity index (χ1v) is 9.25. The predicted molar refractivity (Wildman–Crippen MR) is 107 cm³/mol. The van der Waals surface area contributed by atoms with E-state index in [4.69, 9.17) is 14.2 Å². The van der Waals surface area contributed by atoms with Crippen molar-refractivity contribution < 1.29 is 19.0 Å². The lowest BCUT2D eigenvalue weighted by Crippen LogP contribution is -2.48. The van der Waals surface area contributed by atoms with E-state index in [9.17, 15) is 4.79 Å². The van der Waals surface area contributed by atoms with Gasteiger partial charge in [0.25, 0.3) is 0 Å². The van der Waals surface area contributed by atoms with Crippen LogP contribution in [0, 0.1) is 11.3 Å². The summed E-state index contributed by atoms with van der Waals surface area (Å²) in [5, 5.41) is 4.92. The standard InChI is InChI=1S/C22H27NO4/c1-5-12-25-19-11-10-18(16-8-6-7-9-17(16)19)23-21(24)22(4)13-26-20(15(2)3)27-14-22/h5-11,15,20H,1,12-14H2,2-4H3,(H,23,24). The first kappa shape index (κ1) is 19.4. The molecule has 1 fully saturated rings. The van der Waals surface area contributed by atoms with E-state index < -0.39 is 5.41 Å². The van der Waals surface area contributed by atoms with Gasteiger partial charge in [-0.1, -0.05) is 50.8 Å². The molecule has 0 unspecified atom stereocenters. The minimum atomic E-state index is -0.732. The molecule has 0 atom stereocenters. The molecule has 5 heteroatoms. The van der Waals surface area contributed by atoms with Gasteiger partial charge in [0.15, 0.2) is 6.29 Å². The van der Waals surface area contributed by atoms with Crippen molar-refractivity contribution in [1.82, 2.24) is 0 Å². The molecule has 0 radical (unpaired) electrons. The number of hydrogen-bond donors (Lipinski definition) is 1. The van der Waals surface area contributed by atoms with Gasteiger partial charge in [-0.05, 0) is 19.1 Å². The number of ether oxygens (including phenoxy) is 3. The van der Waals surface area contributed by atoms with Gasteiger partial charge in [-0.2, -0.15) is 0 Å². The van der Waals surface area contributed by atoms with Gasteiger partial charge in [-0.3, -0.25) is 4.79 Å². The van der Waals surface area contributed by atoms with E-state index in [-0.39, 0.29) is 18.1 Å². The lowest BCUT2D eigenvalue weighted by atomic mass is 9.90. The van der Waals surface area contributed by atoms with E-state index >= 15 is 0 Å². The summed E-state index contributed by atoms with van der Waals surface area (Å²) >= 11 is 0. The smallest absolute Gasteiger partial charge is 0.235 e. The number of carbonyl (C=O) groups excluding carboxylic acids is 1. The van der Waals surface area contributed by atoms with Crippen molar-refractivity contribution in [2.75, 3.05) is 25.1 Å². The van der Waals surface area contributed by atoms with Gasteiger partial charge in [0.2, 0.25) is 5.91 Å². The van der Waals surface area contributed by atoms with E-state index in [0.717, 1.165) is 22.2 Å². The molecule has 0 bridgehead atoms. The molecule has 0 saturated carbocycles. The molecule has 0 spiro atoms. The first-order chi connectivity index (χ1) is 12.9. The Kier molecular flexibility index (Phi) is 5.82. The van der Waals surface area contributed by atoms with Crippen LogP contribution in [0.5, 0.6) is 5.75 Å². The van der Waals surface area contributed by atoms with Crippen LogP contribution in [0.4, 0.5) is 5.69 Å². The highest BCUT2D eigenvalue weighted by atomic mass is 16.7. The average molecular weight is 369 g/mol. The summed E-state index contributed by atoms with van der Waals surface area (Å²) in [5.41, 5.74) is 0.0126. The molecule has 1 N–H and O–H groups in total. The Morgan fingerprint density at radius 1 is 1.26 bits per heavy atom. The number of rotatable bonds is 6. The van der Waals surface area contributed by atoms with Gasteiger partial charge in [-0.25, -0.2) is 0 Å². The van der Waals surface area contributed by atoms with Crippen LogP contribution in [-0.2, 0) is 14.3 Å². The molecule has 5 nitrogen and oxygen atoms in total. The molecular formula is C22H27NO4. The molecule has 0 aromatic heterocycles. The van der Waals surface area contributed by atoms with Crippen LogP contribution < -0.4 is 10.1 Å². The molecule has 1 heterocycles. The number of anilines is 1. The summed E-state index contributed by atoms with van der Waals surface area (Å²) in [5.74, 6) is 0.901. The third-order valence-electron chi connectivity index (χ3n) is 4.71. The van der Waals surface area contributed by atoms with E-state index in [1.165, 1.54) is 0 Å². The fourth-order valence-corrected chi connectivity index (χ4v) is 3.07.